The Morgan fingerprint density at radius 2 is 2.06 bits per heavy atom. The largest absolute Gasteiger partial charge is 0.398 e. The quantitative estimate of drug-likeness (QED) is 0.731. The number of aryl methyl sites for hydroxylation is 1. The standard InChI is InChI=1S/C11H14N4O2S/c1-7-3-4-9(12)8(2)10(7)18(16,17)15-11-13-5-6-14-11/h3-6H,12H2,1-2H3,(H2,13,14,15). The van der Waals surface area contributed by atoms with Gasteiger partial charge in [0.05, 0.1) is 4.90 Å². The fraction of sp³-hybridized carbons (Fsp3) is 0.182. The second kappa shape index (κ2) is 4.34. The zero-order valence-electron chi connectivity index (χ0n) is 10.1. The lowest BCUT2D eigenvalue weighted by molar-refractivity contribution is 0.599. The van der Waals surface area contributed by atoms with Gasteiger partial charge in [-0.2, -0.15) is 0 Å². The number of nitrogens with zero attached hydrogens (tertiary/aromatic N) is 1. The highest BCUT2D eigenvalue weighted by molar-refractivity contribution is 7.92. The van der Waals surface area contributed by atoms with Crippen LogP contribution >= 0.6 is 0 Å². The number of benzene rings is 1. The summed E-state index contributed by atoms with van der Waals surface area (Å²) in [5.74, 6) is 0.177. The topological polar surface area (TPSA) is 101 Å². The molecule has 0 unspecified atom stereocenters. The van der Waals surface area contributed by atoms with Crippen LogP contribution in [0.1, 0.15) is 11.1 Å². The van der Waals surface area contributed by atoms with Crippen molar-refractivity contribution in [1.29, 1.82) is 0 Å². The Labute approximate surface area is 105 Å². The summed E-state index contributed by atoms with van der Waals surface area (Å²) in [5.41, 5.74) is 7.36. The Balaban J connectivity index is 2.51. The molecule has 0 bridgehead atoms. The van der Waals surface area contributed by atoms with E-state index in [1.807, 2.05) is 0 Å². The average molecular weight is 266 g/mol. The number of nitrogen functional groups attached to an aromatic ring is 1. The zero-order valence-corrected chi connectivity index (χ0v) is 10.9. The molecular weight excluding hydrogens is 252 g/mol. The minimum Gasteiger partial charge on any atom is -0.398 e. The van der Waals surface area contributed by atoms with E-state index in [-0.39, 0.29) is 10.8 Å². The highest BCUT2D eigenvalue weighted by Gasteiger charge is 2.21. The molecule has 2 rings (SSSR count). The van der Waals surface area contributed by atoms with Crippen LogP contribution in [0.15, 0.2) is 29.4 Å². The lowest BCUT2D eigenvalue weighted by atomic mass is 10.1. The second-order valence-corrected chi connectivity index (χ2v) is 5.59. The number of nitrogens with two attached hydrogens (primary N) is 1. The molecule has 18 heavy (non-hydrogen) atoms. The smallest absolute Gasteiger partial charge is 0.264 e. The summed E-state index contributed by atoms with van der Waals surface area (Å²) in [7, 11) is -3.69. The molecule has 2 aromatic rings. The lowest BCUT2D eigenvalue weighted by Crippen LogP contribution is -2.17. The van der Waals surface area contributed by atoms with E-state index in [2.05, 4.69) is 14.7 Å². The molecule has 0 saturated heterocycles. The summed E-state index contributed by atoms with van der Waals surface area (Å²) in [5, 5.41) is 0. The molecule has 0 aliphatic carbocycles. The third kappa shape index (κ3) is 2.17. The first-order valence-electron chi connectivity index (χ1n) is 5.29. The summed E-state index contributed by atoms with van der Waals surface area (Å²) in [4.78, 5) is 6.71. The molecule has 0 fully saturated rings. The molecule has 0 atom stereocenters. The summed E-state index contributed by atoms with van der Waals surface area (Å²) in [6, 6.07) is 3.37. The molecule has 6 nitrogen and oxygen atoms in total. The van der Waals surface area contributed by atoms with Gasteiger partial charge in [-0.05, 0) is 31.0 Å². The molecule has 0 aliphatic heterocycles. The van der Waals surface area contributed by atoms with E-state index in [4.69, 9.17) is 5.73 Å². The van der Waals surface area contributed by atoms with E-state index >= 15 is 0 Å². The van der Waals surface area contributed by atoms with Gasteiger partial charge in [0.1, 0.15) is 0 Å². The maximum Gasteiger partial charge on any atom is 0.264 e. The predicted molar refractivity (Wildman–Crippen MR) is 69.7 cm³/mol. The molecule has 96 valence electrons. The van der Waals surface area contributed by atoms with Gasteiger partial charge in [-0.15, -0.1) is 0 Å². The normalized spacial score (nSPS) is 11.4. The molecule has 1 heterocycles. The number of aromatic amines is 1. The Morgan fingerprint density at radius 3 is 2.67 bits per heavy atom. The minimum atomic E-state index is -3.69. The van der Waals surface area contributed by atoms with Crippen molar-refractivity contribution in [1.82, 2.24) is 9.97 Å². The van der Waals surface area contributed by atoms with Gasteiger partial charge in [-0.25, -0.2) is 18.1 Å². The average Bonchev–Trinajstić information content (AvgIpc) is 2.75. The summed E-state index contributed by atoms with van der Waals surface area (Å²) >= 11 is 0. The Bertz CT molecular complexity index is 663. The summed E-state index contributed by atoms with van der Waals surface area (Å²) < 4.78 is 26.9. The Morgan fingerprint density at radius 1 is 1.33 bits per heavy atom. The predicted octanol–water partition coefficient (Wildman–Crippen LogP) is 1.41. The van der Waals surface area contributed by atoms with Gasteiger partial charge in [0.25, 0.3) is 10.0 Å². The fourth-order valence-corrected chi connectivity index (χ4v) is 3.24. The third-order valence-electron chi connectivity index (χ3n) is 2.64. The minimum absolute atomic E-state index is 0.177. The number of hydrogen-bond acceptors (Lipinski definition) is 4. The fourth-order valence-electron chi connectivity index (χ4n) is 1.76. The van der Waals surface area contributed by atoms with Crippen molar-refractivity contribution in [3.8, 4) is 0 Å². The first kappa shape index (κ1) is 12.4. The van der Waals surface area contributed by atoms with Gasteiger partial charge >= 0.3 is 0 Å². The molecule has 0 saturated carbocycles. The Hall–Kier alpha value is -2.02. The van der Waals surface area contributed by atoms with Crippen LogP contribution in [0.25, 0.3) is 0 Å². The van der Waals surface area contributed by atoms with E-state index in [1.54, 1.807) is 26.0 Å². The highest BCUT2D eigenvalue weighted by atomic mass is 32.2. The number of H-pyrrole nitrogens is 1. The maximum atomic E-state index is 12.3. The number of nitrogens with one attached hydrogen (secondary N) is 2. The van der Waals surface area contributed by atoms with Gasteiger partial charge in [-0.1, -0.05) is 6.07 Å². The van der Waals surface area contributed by atoms with Crippen LogP contribution in [-0.2, 0) is 10.0 Å². The summed E-state index contributed by atoms with van der Waals surface area (Å²) in [6.45, 7) is 3.40. The molecule has 0 radical (unpaired) electrons. The van der Waals surface area contributed by atoms with Gasteiger partial charge in [0.15, 0.2) is 0 Å². The van der Waals surface area contributed by atoms with Crippen molar-refractivity contribution in [2.45, 2.75) is 18.7 Å². The van der Waals surface area contributed by atoms with Gasteiger partial charge < -0.3 is 10.7 Å². The SMILES string of the molecule is Cc1ccc(N)c(C)c1S(=O)(=O)Nc1ncc[nH]1. The first-order valence-corrected chi connectivity index (χ1v) is 6.78. The molecule has 0 amide bonds. The number of sulfonamides is 1. The van der Waals surface area contributed by atoms with Crippen LogP contribution < -0.4 is 10.5 Å². The van der Waals surface area contributed by atoms with E-state index in [9.17, 15) is 8.42 Å². The third-order valence-corrected chi connectivity index (χ3v) is 4.27. The van der Waals surface area contributed by atoms with Crippen LogP contribution in [0, 0.1) is 13.8 Å². The number of anilines is 2. The van der Waals surface area contributed by atoms with Crippen molar-refractivity contribution in [3.63, 3.8) is 0 Å². The number of aromatic nitrogens is 2. The van der Waals surface area contributed by atoms with Gasteiger partial charge in [0.2, 0.25) is 5.95 Å². The van der Waals surface area contributed by atoms with Gasteiger partial charge in [0, 0.05) is 18.1 Å². The molecular formula is C11H14N4O2S. The van der Waals surface area contributed by atoms with Crippen molar-refractivity contribution >= 4 is 21.7 Å². The van der Waals surface area contributed by atoms with Crippen LogP contribution in [0.3, 0.4) is 0 Å². The van der Waals surface area contributed by atoms with Crippen LogP contribution in [0.2, 0.25) is 0 Å². The lowest BCUT2D eigenvalue weighted by Gasteiger charge is -2.13. The molecule has 0 spiro atoms. The van der Waals surface area contributed by atoms with E-state index in [1.165, 1.54) is 12.4 Å². The van der Waals surface area contributed by atoms with Crippen LogP contribution in [0.4, 0.5) is 11.6 Å². The van der Waals surface area contributed by atoms with E-state index in [0.29, 0.717) is 16.8 Å². The highest BCUT2D eigenvalue weighted by Crippen LogP contribution is 2.25. The molecule has 4 N–H and O–H groups in total. The van der Waals surface area contributed by atoms with Crippen molar-refractivity contribution < 1.29 is 8.42 Å². The van der Waals surface area contributed by atoms with Crippen LogP contribution in [0.5, 0.6) is 0 Å². The molecule has 7 heteroatoms. The zero-order chi connectivity index (χ0) is 13.3. The molecule has 1 aromatic heterocycles. The number of imidazole rings is 1. The van der Waals surface area contributed by atoms with E-state index in [0.717, 1.165) is 0 Å². The van der Waals surface area contributed by atoms with Crippen LogP contribution in [-0.4, -0.2) is 18.4 Å². The molecule has 1 aromatic carbocycles. The van der Waals surface area contributed by atoms with Crippen molar-refractivity contribution in [3.05, 3.63) is 35.7 Å². The maximum absolute atomic E-state index is 12.3. The second-order valence-electron chi connectivity index (χ2n) is 3.97. The monoisotopic (exact) mass is 266 g/mol. The number of rotatable bonds is 3. The summed E-state index contributed by atoms with van der Waals surface area (Å²) in [6.07, 6.45) is 3.01. The van der Waals surface area contributed by atoms with Crippen molar-refractivity contribution in [2.75, 3.05) is 10.5 Å². The molecule has 0 aliphatic rings. The first-order chi connectivity index (χ1) is 8.42. The van der Waals surface area contributed by atoms with Crippen molar-refractivity contribution in [2.24, 2.45) is 0 Å². The Kier molecular flexibility index (Phi) is 3.00. The van der Waals surface area contributed by atoms with E-state index < -0.39 is 10.0 Å². The van der Waals surface area contributed by atoms with Gasteiger partial charge in [-0.3, -0.25) is 0 Å². The number of hydrogen-bond donors (Lipinski definition) is 3.